The summed E-state index contributed by atoms with van der Waals surface area (Å²) >= 11 is 5.93. The van der Waals surface area contributed by atoms with E-state index in [0.29, 0.717) is 29.2 Å². The van der Waals surface area contributed by atoms with Gasteiger partial charge in [0.05, 0.1) is 18.1 Å². The fourth-order valence-corrected chi connectivity index (χ4v) is 4.85. The molecule has 0 radical (unpaired) electrons. The van der Waals surface area contributed by atoms with Crippen molar-refractivity contribution in [2.75, 3.05) is 7.11 Å². The van der Waals surface area contributed by atoms with Gasteiger partial charge >= 0.3 is 11.9 Å². The molecule has 2 aromatic carbocycles. The van der Waals surface area contributed by atoms with Crippen LogP contribution in [0.4, 0.5) is 0 Å². The lowest BCUT2D eigenvalue weighted by atomic mass is 9.66. The van der Waals surface area contributed by atoms with Gasteiger partial charge in [0.1, 0.15) is 11.5 Å². The Labute approximate surface area is 185 Å². The molecule has 1 fully saturated rings. The number of methoxy groups -OCH3 is 1. The minimum absolute atomic E-state index is 0.0798. The fraction of sp³-hybridized carbons (Fsp3) is 0.280. The molecule has 1 atom stereocenters. The van der Waals surface area contributed by atoms with Crippen molar-refractivity contribution in [1.29, 1.82) is 0 Å². The third-order valence-electron chi connectivity index (χ3n) is 6.16. The van der Waals surface area contributed by atoms with E-state index in [1.807, 2.05) is 12.1 Å². The van der Waals surface area contributed by atoms with Crippen LogP contribution in [-0.4, -0.2) is 24.2 Å². The average Bonchev–Trinajstić information content (AvgIpc) is 3.28. The van der Waals surface area contributed by atoms with E-state index in [-0.39, 0.29) is 17.3 Å². The third kappa shape index (κ3) is 3.86. The number of para-hydroxylation sites is 1. The number of carbonyl (C=O) groups is 2. The molecule has 160 valence electrons. The number of allylic oxidation sites excluding steroid dienone is 1. The number of ether oxygens (including phenoxy) is 2. The van der Waals surface area contributed by atoms with Crippen molar-refractivity contribution in [1.82, 2.24) is 0 Å². The predicted molar refractivity (Wildman–Crippen MR) is 118 cm³/mol. The monoisotopic (exact) mass is 438 g/mol. The van der Waals surface area contributed by atoms with Crippen LogP contribution in [-0.2, 0) is 14.3 Å². The van der Waals surface area contributed by atoms with Crippen molar-refractivity contribution in [3.05, 3.63) is 82.1 Å². The number of aliphatic hydroxyl groups is 1. The van der Waals surface area contributed by atoms with E-state index >= 15 is 0 Å². The van der Waals surface area contributed by atoms with E-state index < -0.39 is 17.3 Å². The van der Waals surface area contributed by atoms with Crippen LogP contribution in [0.15, 0.2) is 65.9 Å². The van der Waals surface area contributed by atoms with Crippen molar-refractivity contribution in [3.63, 3.8) is 0 Å². The molecule has 1 unspecified atom stereocenters. The minimum Gasteiger partial charge on any atom is -0.507 e. The maximum Gasteiger partial charge on any atom is 0.343 e. The van der Waals surface area contributed by atoms with Crippen LogP contribution in [0.2, 0.25) is 5.02 Å². The minimum atomic E-state index is -0.929. The number of carbonyl (C=O) groups excluding carboxylic acids is 2. The van der Waals surface area contributed by atoms with Crippen molar-refractivity contribution in [3.8, 4) is 5.75 Å². The normalized spacial score (nSPS) is 21.5. The molecule has 2 aliphatic rings. The predicted octanol–water partition coefficient (Wildman–Crippen LogP) is 5.60. The molecule has 4 rings (SSSR count). The highest BCUT2D eigenvalue weighted by Gasteiger charge is 2.55. The summed E-state index contributed by atoms with van der Waals surface area (Å²) in [5.74, 6) is -1.50. The third-order valence-corrected chi connectivity index (χ3v) is 6.41. The second-order valence-electron chi connectivity index (χ2n) is 7.90. The van der Waals surface area contributed by atoms with Gasteiger partial charge in [-0.2, -0.15) is 0 Å². The highest BCUT2D eigenvalue weighted by Crippen LogP contribution is 2.56. The van der Waals surface area contributed by atoms with Crippen LogP contribution in [0.3, 0.4) is 0 Å². The van der Waals surface area contributed by atoms with Gasteiger partial charge in [0.2, 0.25) is 0 Å². The highest BCUT2D eigenvalue weighted by atomic mass is 35.5. The van der Waals surface area contributed by atoms with Crippen LogP contribution in [0.5, 0.6) is 5.75 Å². The standard InChI is InChI=1S/C25H23ClO5/c1-30-24(29)25(14-4-5-15-25)22-18-6-2-3-7-20(18)31-23(28)21(22)19(27)13-10-16-8-11-17(26)12-9-16/h2-3,6-13,22,27H,4-5,14-15H2,1H3/b13-10+,21-19-. The zero-order chi connectivity index (χ0) is 22.0. The molecule has 0 spiro atoms. The molecule has 0 amide bonds. The average molecular weight is 439 g/mol. The molecule has 0 aromatic heterocycles. The summed E-state index contributed by atoms with van der Waals surface area (Å²) in [6.45, 7) is 0. The van der Waals surface area contributed by atoms with Crippen LogP contribution in [0.1, 0.15) is 42.7 Å². The SMILES string of the molecule is COC(=O)C1(C2/C(=C(O)\C=C\c3ccc(Cl)cc3)C(=O)Oc3ccccc32)CCCC1. The first-order valence-electron chi connectivity index (χ1n) is 10.2. The Bertz CT molecular complexity index is 1060. The molecular weight excluding hydrogens is 416 g/mol. The molecule has 0 saturated heterocycles. The molecule has 0 bridgehead atoms. The zero-order valence-electron chi connectivity index (χ0n) is 17.1. The van der Waals surface area contributed by atoms with E-state index in [1.165, 1.54) is 13.2 Å². The van der Waals surface area contributed by atoms with Gasteiger partial charge in [0.25, 0.3) is 0 Å². The maximum absolute atomic E-state index is 13.0. The van der Waals surface area contributed by atoms with Crippen LogP contribution < -0.4 is 4.74 Å². The molecule has 2 aromatic rings. The van der Waals surface area contributed by atoms with E-state index in [4.69, 9.17) is 21.1 Å². The van der Waals surface area contributed by atoms with Crippen LogP contribution in [0, 0.1) is 5.41 Å². The summed E-state index contributed by atoms with van der Waals surface area (Å²) in [6.07, 6.45) is 5.98. The lowest BCUT2D eigenvalue weighted by Crippen LogP contribution is -2.41. The number of hydrogen-bond acceptors (Lipinski definition) is 5. The Balaban J connectivity index is 1.86. The number of aliphatic hydroxyl groups excluding tert-OH is 1. The summed E-state index contributed by atoms with van der Waals surface area (Å²) in [7, 11) is 1.36. The van der Waals surface area contributed by atoms with Gasteiger partial charge in [-0.15, -0.1) is 0 Å². The molecular formula is C25H23ClO5. The van der Waals surface area contributed by atoms with Gasteiger partial charge < -0.3 is 14.6 Å². The first kappa shape index (κ1) is 21.2. The van der Waals surface area contributed by atoms with Gasteiger partial charge in [-0.05, 0) is 42.7 Å². The van der Waals surface area contributed by atoms with Crippen LogP contribution >= 0.6 is 11.6 Å². The second kappa shape index (κ2) is 8.60. The van der Waals surface area contributed by atoms with E-state index in [1.54, 1.807) is 42.5 Å². The Morgan fingerprint density at radius 1 is 1.16 bits per heavy atom. The smallest absolute Gasteiger partial charge is 0.343 e. The quantitative estimate of drug-likeness (QED) is 0.291. The number of hydrogen-bond donors (Lipinski definition) is 1. The molecule has 6 heteroatoms. The first-order valence-corrected chi connectivity index (χ1v) is 10.6. The van der Waals surface area contributed by atoms with Gasteiger partial charge in [0.15, 0.2) is 0 Å². The first-order chi connectivity index (χ1) is 15.0. The Morgan fingerprint density at radius 3 is 2.52 bits per heavy atom. The van der Waals surface area contributed by atoms with Crippen molar-refractivity contribution < 1.29 is 24.2 Å². The molecule has 1 aliphatic heterocycles. The van der Waals surface area contributed by atoms with Crippen molar-refractivity contribution >= 4 is 29.6 Å². The highest BCUT2D eigenvalue weighted by molar-refractivity contribution is 6.30. The van der Waals surface area contributed by atoms with Gasteiger partial charge in [-0.25, -0.2) is 4.79 Å². The molecule has 1 saturated carbocycles. The zero-order valence-corrected chi connectivity index (χ0v) is 17.9. The topological polar surface area (TPSA) is 72.8 Å². The van der Waals surface area contributed by atoms with Crippen LogP contribution in [0.25, 0.3) is 6.08 Å². The van der Waals surface area contributed by atoms with Gasteiger partial charge in [0, 0.05) is 16.5 Å². The van der Waals surface area contributed by atoms with E-state index in [0.717, 1.165) is 18.4 Å². The molecule has 5 nitrogen and oxygen atoms in total. The van der Waals surface area contributed by atoms with Crippen molar-refractivity contribution in [2.24, 2.45) is 5.41 Å². The lowest BCUT2D eigenvalue weighted by molar-refractivity contribution is -0.154. The van der Waals surface area contributed by atoms with Gasteiger partial charge in [-0.1, -0.05) is 60.9 Å². The second-order valence-corrected chi connectivity index (χ2v) is 8.34. The summed E-state index contributed by atoms with van der Waals surface area (Å²) < 4.78 is 10.7. The number of esters is 2. The number of benzene rings is 2. The Morgan fingerprint density at radius 2 is 1.84 bits per heavy atom. The molecule has 31 heavy (non-hydrogen) atoms. The summed E-state index contributed by atoms with van der Waals surface area (Å²) in [5, 5.41) is 11.6. The summed E-state index contributed by atoms with van der Waals surface area (Å²) in [5.41, 5.74) is 0.662. The van der Waals surface area contributed by atoms with Gasteiger partial charge in [-0.3, -0.25) is 4.79 Å². The fourth-order valence-electron chi connectivity index (χ4n) is 4.73. The maximum atomic E-state index is 13.0. The summed E-state index contributed by atoms with van der Waals surface area (Å²) in [4.78, 5) is 26.1. The molecule has 1 N–H and O–H groups in total. The summed E-state index contributed by atoms with van der Waals surface area (Å²) in [6, 6.07) is 14.2. The Kier molecular flexibility index (Phi) is 5.88. The number of halogens is 1. The lowest BCUT2D eigenvalue weighted by Gasteiger charge is -2.39. The molecule has 1 aliphatic carbocycles. The molecule has 1 heterocycles. The largest absolute Gasteiger partial charge is 0.507 e. The van der Waals surface area contributed by atoms with E-state index in [9.17, 15) is 14.7 Å². The van der Waals surface area contributed by atoms with E-state index in [2.05, 4.69) is 0 Å². The number of rotatable bonds is 4. The van der Waals surface area contributed by atoms with Crippen molar-refractivity contribution in [2.45, 2.75) is 31.6 Å². The Hall–Kier alpha value is -3.05. The number of fused-ring (bicyclic) bond motifs is 1.